The second-order valence-corrected chi connectivity index (χ2v) is 7.67. The first-order valence-corrected chi connectivity index (χ1v) is 10.2. The van der Waals surface area contributed by atoms with Crippen molar-refractivity contribution in [2.45, 2.75) is 50.3 Å². The second-order valence-electron chi connectivity index (χ2n) is 7.67. The van der Waals surface area contributed by atoms with E-state index in [9.17, 15) is 9.90 Å². The van der Waals surface area contributed by atoms with Crippen molar-refractivity contribution in [2.24, 2.45) is 10.8 Å². The molecule has 0 aliphatic carbocycles. The second kappa shape index (κ2) is 10.2. The molecule has 0 saturated carbocycles. The zero-order valence-electron chi connectivity index (χ0n) is 16.9. The predicted octanol–water partition coefficient (Wildman–Crippen LogP) is 3.43. The summed E-state index contributed by atoms with van der Waals surface area (Å²) in [4.78, 5) is 13.5. The Labute approximate surface area is 172 Å². The SMILES string of the molecule is CN1C(C/C(=N\NC(N)=O)c2ccccc2)CCCC1CC(O)c1ccccc1. The zero-order valence-corrected chi connectivity index (χ0v) is 16.9. The molecule has 6 heteroatoms. The van der Waals surface area contributed by atoms with Crippen LogP contribution in [0.3, 0.4) is 0 Å². The molecule has 1 aliphatic heterocycles. The van der Waals surface area contributed by atoms with Crippen LogP contribution in [0.25, 0.3) is 0 Å². The molecule has 1 aliphatic rings. The van der Waals surface area contributed by atoms with Gasteiger partial charge in [-0.3, -0.25) is 4.90 Å². The normalized spacial score (nSPS) is 21.5. The molecule has 1 fully saturated rings. The number of aliphatic hydroxyl groups is 1. The third-order valence-corrected chi connectivity index (χ3v) is 5.74. The number of urea groups is 1. The van der Waals surface area contributed by atoms with Gasteiger partial charge in [-0.15, -0.1) is 0 Å². The summed E-state index contributed by atoms with van der Waals surface area (Å²) in [6.07, 6.45) is 4.16. The smallest absolute Gasteiger partial charge is 0.332 e. The third kappa shape index (κ3) is 5.89. The number of hydrogen-bond donors (Lipinski definition) is 3. The Morgan fingerprint density at radius 3 is 2.41 bits per heavy atom. The average Bonchev–Trinajstić information content (AvgIpc) is 2.74. The molecule has 2 aromatic rings. The van der Waals surface area contributed by atoms with E-state index in [1.807, 2.05) is 60.7 Å². The Morgan fingerprint density at radius 2 is 1.76 bits per heavy atom. The van der Waals surface area contributed by atoms with Crippen LogP contribution >= 0.6 is 0 Å². The number of nitrogens with one attached hydrogen (secondary N) is 1. The van der Waals surface area contributed by atoms with E-state index in [1.165, 1.54) is 0 Å². The summed E-state index contributed by atoms with van der Waals surface area (Å²) in [5.74, 6) is 0. The number of primary amides is 1. The van der Waals surface area contributed by atoms with E-state index in [-0.39, 0.29) is 6.04 Å². The topological polar surface area (TPSA) is 91.0 Å². The number of nitrogens with two attached hydrogens (primary N) is 1. The van der Waals surface area contributed by atoms with Gasteiger partial charge in [0.05, 0.1) is 11.8 Å². The number of carbonyl (C=O) groups excluding carboxylic acids is 1. The lowest BCUT2D eigenvalue weighted by Gasteiger charge is -2.40. The van der Waals surface area contributed by atoms with E-state index in [1.54, 1.807) is 0 Å². The molecule has 3 atom stereocenters. The minimum Gasteiger partial charge on any atom is -0.388 e. The van der Waals surface area contributed by atoms with E-state index < -0.39 is 12.1 Å². The maximum atomic E-state index is 11.2. The van der Waals surface area contributed by atoms with Gasteiger partial charge in [-0.05, 0) is 37.4 Å². The fraction of sp³-hybridized carbons (Fsp3) is 0.391. The molecule has 1 saturated heterocycles. The molecule has 2 aromatic carbocycles. The third-order valence-electron chi connectivity index (χ3n) is 5.74. The van der Waals surface area contributed by atoms with Gasteiger partial charge in [0.15, 0.2) is 0 Å². The summed E-state index contributed by atoms with van der Waals surface area (Å²) < 4.78 is 0. The average molecular weight is 395 g/mol. The van der Waals surface area contributed by atoms with Crippen LogP contribution in [0.4, 0.5) is 4.79 Å². The number of hydrazone groups is 1. The first-order chi connectivity index (χ1) is 14.0. The Bertz CT molecular complexity index is 810. The summed E-state index contributed by atoms with van der Waals surface area (Å²) in [5.41, 5.74) is 10.3. The maximum absolute atomic E-state index is 11.2. The molecule has 1 heterocycles. The lowest BCUT2D eigenvalue weighted by atomic mass is 9.88. The number of aliphatic hydroxyl groups excluding tert-OH is 1. The molecule has 2 amide bonds. The molecule has 3 unspecified atom stereocenters. The van der Waals surface area contributed by atoms with Crippen LogP contribution in [0, 0.1) is 0 Å². The lowest BCUT2D eigenvalue weighted by Crippen LogP contribution is -2.45. The fourth-order valence-corrected chi connectivity index (χ4v) is 4.10. The molecule has 4 N–H and O–H groups in total. The molecule has 0 aromatic heterocycles. The van der Waals surface area contributed by atoms with Crippen LogP contribution in [0.1, 0.15) is 49.3 Å². The largest absolute Gasteiger partial charge is 0.388 e. The zero-order chi connectivity index (χ0) is 20.6. The number of nitrogens with zero attached hydrogens (tertiary/aromatic N) is 2. The molecule has 3 rings (SSSR count). The van der Waals surface area contributed by atoms with Crippen LogP contribution in [0.5, 0.6) is 0 Å². The Kier molecular flexibility index (Phi) is 7.38. The van der Waals surface area contributed by atoms with Crippen molar-refractivity contribution in [3.05, 3.63) is 71.8 Å². The van der Waals surface area contributed by atoms with Crippen molar-refractivity contribution in [1.82, 2.24) is 10.3 Å². The van der Waals surface area contributed by atoms with Crippen LogP contribution in [-0.4, -0.2) is 40.9 Å². The van der Waals surface area contributed by atoms with E-state index in [2.05, 4.69) is 22.5 Å². The summed E-state index contributed by atoms with van der Waals surface area (Å²) in [5, 5.41) is 14.9. The van der Waals surface area contributed by atoms with Gasteiger partial charge < -0.3 is 10.8 Å². The minimum atomic E-state index is -0.667. The fourth-order valence-electron chi connectivity index (χ4n) is 4.10. The molecule has 0 bridgehead atoms. The number of amides is 2. The number of benzene rings is 2. The van der Waals surface area contributed by atoms with Crippen LogP contribution < -0.4 is 11.2 Å². The van der Waals surface area contributed by atoms with Crippen molar-refractivity contribution in [3.8, 4) is 0 Å². The van der Waals surface area contributed by atoms with E-state index in [0.29, 0.717) is 18.9 Å². The number of piperidine rings is 1. The highest BCUT2D eigenvalue weighted by Crippen LogP contribution is 2.30. The van der Waals surface area contributed by atoms with Crippen molar-refractivity contribution >= 4 is 11.7 Å². The van der Waals surface area contributed by atoms with Crippen molar-refractivity contribution in [3.63, 3.8) is 0 Å². The van der Waals surface area contributed by atoms with E-state index in [0.717, 1.165) is 36.1 Å². The number of carbonyl (C=O) groups is 1. The molecule has 154 valence electrons. The molecule has 0 radical (unpaired) electrons. The first-order valence-electron chi connectivity index (χ1n) is 10.2. The van der Waals surface area contributed by atoms with Crippen LogP contribution in [0.15, 0.2) is 65.8 Å². The summed E-state index contributed by atoms with van der Waals surface area (Å²) in [7, 11) is 2.12. The lowest BCUT2D eigenvalue weighted by molar-refractivity contribution is 0.0638. The highest BCUT2D eigenvalue weighted by molar-refractivity contribution is 6.01. The van der Waals surface area contributed by atoms with Gasteiger partial charge in [0.25, 0.3) is 0 Å². The van der Waals surface area contributed by atoms with E-state index in [4.69, 9.17) is 5.73 Å². The van der Waals surface area contributed by atoms with Crippen molar-refractivity contribution < 1.29 is 9.90 Å². The highest BCUT2D eigenvalue weighted by atomic mass is 16.3. The summed E-state index contributed by atoms with van der Waals surface area (Å²) in [6.45, 7) is 0. The van der Waals surface area contributed by atoms with Crippen LogP contribution in [-0.2, 0) is 0 Å². The predicted molar refractivity (Wildman–Crippen MR) is 116 cm³/mol. The molecular formula is C23H30N4O2. The van der Waals surface area contributed by atoms with Gasteiger partial charge in [0, 0.05) is 18.5 Å². The van der Waals surface area contributed by atoms with Gasteiger partial charge in [-0.25, -0.2) is 10.2 Å². The van der Waals surface area contributed by atoms with Crippen LogP contribution in [0.2, 0.25) is 0 Å². The van der Waals surface area contributed by atoms with Gasteiger partial charge in [0.1, 0.15) is 0 Å². The van der Waals surface area contributed by atoms with Gasteiger partial charge in [-0.2, -0.15) is 5.10 Å². The Morgan fingerprint density at radius 1 is 1.14 bits per heavy atom. The van der Waals surface area contributed by atoms with Crippen molar-refractivity contribution in [1.29, 1.82) is 0 Å². The summed E-state index contributed by atoms with van der Waals surface area (Å²) >= 11 is 0. The molecule has 0 spiro atoms. The highest BCUT2D eigenvalue weighted by Gasteiger charge is 2.30. The molecule has 29 heavy (non-hydrogen) atoms. The van der Waals surface area contributed by atoms with Gasteiger partial charge in [0.2, 0.25) is 0 Å². The minimum absolute atomic E-state index is 0.283. The number of rotatable bonds is 7. The monoisotopic (exact) mass is 394 g/mol. The van der Waals surface area contributed by atoms with Gasteiger partial charge >= 0.3 is 6.03 Å². The number of hydrogen-bond acceptors (Lipinski definition) is 4. The van der Waals surface area contributed by atoms with E-state index >= 15 is 0 Å². The summed E-state index contributed by atoms with van der Waals surface area (Å²) in [6, 6.07) is 19.6. The standard InChI is InChI=1S/C23H30N4O2/c1-27-19(15-21(25-26-23(24)29)17-9-4-2-5-10-17)13-8-14-20(27)16-22(28)18-11-6-3-7-12-18/h2-7,9-12,19-20,22,28H,8,13-16H2,1H3,(H3,24,26,29)/b25-21+. The maximum Gasteiger partial charge on any atom is 0.332 e. The van der Waals surface area contributed by atoms with Crippen molar-refractivity contribution in [2.75, 3.05) is 7.05 Å². The Balaban J connectivity index is 1.70. The molecule has 6 nitrogen and oxygen atoms in total. The quantitative estimate of drug-likeness (QED) is 0.496. The molecular weight excluding hydrogens is 364 g/mol. The Hall–Kier alpha value is -2.70. The van der Waals surface area contributed by atoms with Gasteiger partial charge in [-0.1, -0.05) is 67.1 Å². The first kappa shape index (κ1) is 21.0. The number of likely N-dealkylation sites (tertiary alicyclic amines) is 1.